The zero-order valence-electron chi connectivity index (χ0n) is 15.0. The maximum Gasteiger partial charge on any atom is 0.118 e. The monoisotopic (exact) mass is 344 g/mol. The lowest BCUT2D eigenvalue weighted by atomic mass is 9.99. The molecule has 25 heavy (non-hydrogen) atoms. The largest absolute Gasteiger partial charge is 0.497 e. The van der Waals surface area contributed by atoms with Crippen LogP contribution in [-0.4, -0.2) is 36.6 Å². The van der Waals surface area contributed by atoms with Gasteiger partial charge in [-0.05, 0) is 67.5 Å². The maximum atomic E-state index is 10.1. The molecule has 0 spiro atoms. The fraction of sp³-hybridized carbons (Fsp3) is 0.429. The van der Waals surface area contributed by atoms with Gasteiger partial charge in [0.1, 0.15) is 11.5 Å². The zero-order valence-corrected chi connectivity index (χ0v) is 15.0. The van der Waals surface area contributed by atoms with E-state index in [1.54, 1.807) is 14.2 Å². The Morgan fingerprint density at radius 2 is 1.04 bits per heavy atom. The van der Waals surface area contributed by atoms with Gasteiger partial charge in [0.2, 0.25) is 0 Å². The molecule has 0 bridgehead atoms. The van der Waals surface area contributed by atoms with Crippen molar-refractivity contribution in [2.24, 2.45) is 0 Å². The summed E-state index contributed by atoms with van der Waals surface area (Å²) in [5.41, 5.74) is 2.32. The van der Waals surface area contributed by atoms with Crippen molar-refractivity contribution in [3.05, 3.63) is 59.7 Å². The molecule has 0 unspecified atom stereocenters. The minimum absolute atomic E-state index is 0.409. The van der Waals surface area contributed by atoms with Crippen LogP contribution in [0.5, 0.6) is 11.5 Å². The van der Waals surface area contributed by atoms with Crippen molar-refractivity contribution in [1.29, 1.82) is 0 Å². The molecule has 0 saturated heterocycles. The highest BCUT2D eigenvalue weighted by molar-refractivity contribution is 5.28. The minimum Gasteiger partial charge on any atom is -0.497 e. The Hall–Kier alpha value is -2.04. The molecule has 4 nitrogen and oxygen atoms in total. The van der Waals surface area contributed by atoms with Crippen LogP contribution in [0, 0.1) is 0 Å². The van der Waals surface area contributed by atoms with Gasteiger partial charge in [0.15, 0.2) is 0 Å². The Labute approximate surface area is 150 Å². The highest BCUT2D eigenvalue weighted by atomic mass is 16.5. The molecule has 2 atom stereocenters. The first-order chi connectivity index (χ1) is 12.1. The van der Waals surface area contributed by atoms with Crippen LogP contribution < -0.4 is 9.47 Å². The number of aliphatic hydroxyl groups is 2. The summed E-state index contributed by atoms with van der Waals surface area (Å²) in [6.45, 7) is 0. The lowest BCUT2D eigenvalue weighted by molar-refractivity contribution is 0.0714. The average Bonchev–Trinajstić information content (AvgIpc) is 2.65. The summed E-state index contributed by atoms with van der Waals surface area (Å²) in [4.78, 5) is 0. The highest BCUT2D eigenvalue weighted by Crippen LogP contribution is 2.17. The lowest BCUT2D eigenvalue weighted by Gasteiger charge is -2.16. The third-order valence-electron chi connectivity index (χ3n) is 4.39. The Morgan fingerprint density at radius 1 is 0.680 bits per heavy atom. The summed E-state index contributed by atoms with van der Waals surface area (Å²) in [5, 5.41) is 20.3. The molecule has 2 aromatic carbocycles. The van der Waals surface area contributed by atoms with Crippen LogP contribution in [0.15, 0.2) is 48.5 Å². The quantitative estimate of drug-likeness (QED) is 0.694. The van der Waals surface area contributed by atoms with Gasteiger partial charge in [0.05, 0.1) is 26.4 Å². The van der Waals surface area contributed by atoms with Gasteiger partial charge in [0.25, 0.3) is 0 Å². The van der Waals surface area contributed by atoms with E-state index in [1.807, 2.05) is 48.5 Å². The van der Waals surface area contributed by atoms with Gasteiger partial charge in [-0.2, -0.15) is 0 Å². The minimum atomic E-state index is -0.493. The van der Waals surface area contributed by atoms with E-state index in [4.69, 9.17) is 9.47 Å². The van der Waals surface area contributed by atoms with Gasteiger partial charge >= 0.3 is 0 Å². The van der Waals surface area contributed by atoms with E-state index < -0.39 is 12.2 Å². The van der Waals surface area contributed by atoms with Crippen molar-refractivity contribution in [1.82, 2.24) is 0 Å². The summed E-state index contributed by atoms with van der Waals surface area (Å²) >= 11 is 0. The smallest absolute Gasteiger partial charge is 0.118 e. The van der Waals surface area contributed by atoms with Crippen molar-refractivity contribution in [2.45, 2.75) is 44.3 Å². The van der Waals surface area contributed by atoms with E-state index in [2.05, 4.69) is 0 Å². The van der Waals surface area contributed by atoms with Gasteiger partial charge in [-0.25, -0.2) is 0 Å². The summed E-state index contributed by atoms with van der Waals surface area (Å²) in [5.74, 6) is 1.66. The van der Waals surface area contributed by atoms with Crippen molar-refractivity contribution in [3.8, 4) is 11.5 Å². The average molecular weight is 344 g/mol. The van der Waals surface area contributed by atoms with E-state index in [0.29, 0.717) is 19.3 Å². The number of methoxy groups -OCH3 is 2. The number of hydrogen-bond acceptors (Lipinski definition) is 4. The van der Waals surface area contributed by atoms with E-state index in [-0.39, 0.29) is 0 Å². The number of aliphatic hydroxyl groups excluding tert-OH is 2. The molecule has 2 N–H and O–H groups in total. The zero-order chi connectivity index (χ0) is 18.1. The second-order valence-electron chi connectivity index (χ2n) is 6.32. The van der Waals surface area contributed by atoms with E-state index in [9.17, 15) is 10.2 Å². The Bertz CT molecular complexity index is 551. The molecule has 0 aromatic heterocycles. The molecule has 2 aromatic rings. The molecule has 0 aliphatic rings. The lowest BCUT2D eigenvalue weighted by Crippen LogP contribution is -2.19. The molecule has 2 rings (SSSR count). The SMILES string of the molecule is COc1ccc(CC[C@H](O)C[C@@H](O)CCc2ccc(OC)cc2)cc1. The molecule has 0 aliphatic carbocycles. The topological polar surface area (TPSA) is 58.9 Å². The van der Waals surface area contributed by atoms with Gasteiger partial charge < -0.3 is 19.7 Å². The molecule has 0 aliphatic heterocycles. The summed E-state index contributed by atoms with van der Waals surface area (Å²) < 4.78 is 10.3. The van der Waals surface area contributed by atoms with Gasteiger partial charge in [0, 0.05) is 0 Å². The Balaban J connectivity index is 1.68. The standard InChI is InChI=1S/C21H28O4/c1-24-20-11-5-16(6-12-20)3-9-18(22)15-19(23)10-4-17-7-13-21(25-2)14-8-17/h5-8,11-14,18-19,22-23H,3-4,9-10,15H2,1-2H3/t18-,19-/m0/s1. The molecule has 0 saturated carbocycles. The molecule has 136 valence electrons. The second kappa shape index (κ2) is 10.1. The van der Waals surface area contributed by atoms with E-state index in [0.717, 1.165) is 35.5 Å². The van der Waals surface area contributed by atoms with Crippen LogP contribution in [0.3, 0.4) is 0 Å². The van der Waals surface area contributed by atoms with E-state index >= 15 is 0 Å². The first-order valence-electron chi connectivity index (χ1n) is 8.72. The van der Waals surface area contributed by atoms with Crippen LogP contribution in [0.4, 0.5) is 0 Å². The number of aryl methyl sites for hydroxylation is 2. The van der Waals surface area contributed by atoms with Crippen molar-refractivity contribution in [2.75, 3.05) is 14.2 Å². The molecule has 0 fully saturated rings. The predicted molar refractivity (Wildman–Crippen MR) is 99.3 cm³/mol. The van der Waals surface area contributed by atoms with Crippen LogP contribution in [0.25, 0.3) is 0 Å². The van der Waals surface area contributed by atoms with Crippen LogP contribution in [0.1, 0.15) is 30.4 Å². The molecule has 0 heterocycles. The van der Waals surface area contributed by atoms with Crippen LogP contribution >= 0.6 is 0 Å². The Kier molecular flexibility index (Phi) is 7.76. The van der Waals surface area contributed by atoms with Gasteiger partial charge in [-0.1, -0.05) is 24.3 Å². The molecule has 0 radical (unpaired) electrons. The normalized spacial score (nSPS) is 13.3. The van der Waals surface area contributed by atoms with Crippen molar-refractivity contribution >= 4 is 0 Å². The fourth-order valence-corrected chi connectivity index (χ4v) is 2.80. The number of benzene rings is 2. The summed E-state index contributed by atoms with van der Waals surface area (Å²) in [6.07, 6.45) is 2.29. The molecule has 0 amide bonds. The van der Waals surface area contributed by atoms with E-state index in [1.165, 1.54) is 0 Å². The fourth-order valence-electron chi connectivity index (χ4n) is 2.80. The van der Waals surface area contributed by atoms with Crippen molar-refractivity contribution in [3.63, 3.8) is 0 Å². The number of rotatable bonds is 10. The molecular formula is C21H28O4. The number of hydrogen-bond donors (Lipinski definition) is 2. The highest BCUT2D eigenvalue weighted by Gasteiger charge is 2.12. The third kappa shape index (κ3) is 6.77. The first kappa shape index (κ1) is 19.3. The van der Waals surface area contributed by atoms with Gasteiger partial charge in [-0.15, -0.1) is 0 Å². The third-order valence-corrected chi connectivity index (χ3v) is 4.39. The number of ether oxygens (including phenoxy) is 2. The first-order valence-corrected chi connectivity index (χ1v) is 8.72. The molecule has 4 heteroatoms. The predicted octanol–water partition coefficient (Wildman–Crippen LogP) is 3.38. The van der Waals surface area contributed by atoms with Crippen molar-refractivity contribution < 1.29 is 19.7 Å². The van der Waals surface area contributed by atoms with Gasteiger partial charge in [-0.3, -0.25) is 0 Å². The van der Waals surface area contributed by atoms with Crippen LogP contribution in [0.2, 0.25) is 0 Å². The maximum absolute atomic E-state index is 10.1. The second-order valence-corrected chi connectivity index (χ2v) is 6.32. The van der Waals surface area contributed by atoms with Crippen LogP contribution in [-0.2, 0) is 12.8 Å². The summed E-state index contributed by atoms with van der Waals surface area (Å²) in [6, 6.07) is 15.7. The summed E-state index contributed by atoms with van der Waals surface area (Å²) in [7, 11) is 3.29. The Morgan fingerprint density at radius 3 is 1.36 bits per heavy atom. The molecular weight excluding hydrogens is 316 g/mol.